The maximum absolute atomic E-state index is 13.1. The number of carbonyl (C=O) groups is 1. The van der Waals surface area contributed by atoms with Crippen LogP contribution in [0.2, 0.25) is 0 Å². The minimum atomic E-state index is -1.02. The number of aliphatic carboxylic acids is 1. The largest absolute Gasteiger partial charge is 0.481 e. The minimum absolute atomic E-state index is 0.0384. The molecule has 6 nitrogen and oxygen atoms in total. The highest BCUT2D eigenvalue weighted by molar-refractivity contribution is 5.69. The molecule has 0 aliphatic rings. The molecule has 0 fully saturated rings. The molecule has 0 bridgehead atoms. The summed E-state index contributed by atoms with van der Waals surface area (Å²) in [6.45, 7) is 1.54. The van der Waals surface area contributed by atoms with Crippen LogP contribution in [-0.4, -0.2) is 31.3 Å². The Balaban J connectivity index is 2.33. The van der Waals surface area contributed by atoms with E-state index in [4.69, 9.17) is 5.11 Å². The number of nitrogens with zero attached hydrogens (tertiary/aromatic N) is 4. The Morgan fingerprint density at radius 3 is 2.79 bits per heavy atom. The van der Waals surface area contributed by atoms with Crippen LogP contribution < -0.4 is 0 Å². The van der Waals surface area contributed by atoms with Crippen molar-refractivity contribution in [2.75, 3.05) is 0 Å². The summed E-state index contributed by atoms with van der Waals surface area (Å²) in [5.74, 6) is -3.49. The second kappa shape index (κ2) is 5.09. The van der Waals surface area contributed by atoms with Crippen molar-refractivity contribution < 1.29 is 18.7 Å². The summed E-state index contributed by atoms with van der Waals surface area (Å²) in [6, 6.07) is 3.25. The zero-order valence-corrected chi connectivity index (χ0v) is 9.92. The standard InChI is InChI=1S/C11H10F2N4O2/c1-6(11(18)19)5-17-10(14-15-16-17)7-2-3-8(12)9(13)4-7/h2-4,6H,5H2,1H3,(H,18,19). The molecule has 100 valence electrons. The third-order valence-electron chi connectivity index (χ3n) is 2.58. The number of rotatable bonds is 4. The van der Waals surface area contributed by atoms with Crippen molar-refractivity contribution in [2.45, 2.75) is 13.5 Å². The van der Waals surface area contributed by atoms with E-state index < -0.39 is 23.5 Å². The number of aromatic nitrogens is 4. The summed E-state index contributed by atoms with van der Waals surface area (Å²) in [4.78, 5) is 10.8. The van der Waals surface area contributed by atoms with Gasteiger partial charge < -0.3 is 5.11 Å². The topological polar surface area (TPSA) is 80.9 Å². The van der Waals surface area contributed by atoms with Crippen LogP contribution in [0.1, 0.15) is 6.92 Å². The fraction of sp³-hybridized carbons (Fsp3) is 0.273. The van der Waals surface area contributed by atoms with Crippen molar-refractivity contribution in [2.24, 2.45) is 5.92 Å². The molecule has 1 aromatic carbocycles. The predicted molar refractivity (Wildman–Crippen MR) is 60.0 cm³/mol. The number of hydrogen-bond donors (Lipinski definition) is 1. The van der Waals surface area contributed by atoms with E-state index in [1.165, 1.54) is 17.7 Å². The van der Waals surface area contributed by atoms with Gasteiger partial charge in [-0.25, -0.2) is 13.5 Å². The van der Waals surface area contributed by atoms with E-state index in [-0.39, 0.29) is 17.9 Å². The van der Waals surface area contributed by atoms with Crippen LogP contribution in [0.5, 0.6) is 0 Å². The lowest BCUT2D eigenvalue weighted by Gasteiger charge is -2.08. The quantitative estimate of drug-likeness (QED) is 0.904. The third kappa shape index (κ3) is 2.72. The Bertz CT molecular complexity index is 614. The van der Waals surface area contributed by atoms with Gasteiger partial charge in [0.25, 0.3) is 0 Å². The summed E-state index contributed by atoms with van der Waals surface area (Å²) < 4.78 is 27.2. The highest BCUT2D eigenvalue weighted by atomic mass is 19.2. The first-order chi connectivity index (χ1) is 8.99. The Hall–Kier alpha value is -2.38. The van der Waals surface area contributed by atoms with Crippen LogP contribution in [0, 0.1) is 17.6 Å². The summed E-state index contributed by atoms with van der Waals surface area (Å²) in [5.41, 5.74) is 0.279. The monoisotopic (exact) mass is 268 g/mol. The van der Waals surface area contributed by atoms with Gasteiger partial charge in [0.2, 0.25) is 0 Å². The normalized spacial score (nSPS) is 12.4. The first-order valence-corrected chi connectivity index (χ1v) is 5.43. The molecule has 8 heteroatoms. The van der Waals surface area contributed by atoms with Gasteiger partial charge in [-0.3, -0.25) is 4.79 Å². The molecule has 0 radical (unpaired) electrons. The highest BCUT2D eigenvalue weighted by Crippen LogP contribution is 2.19. The van der Waals surface area contributed by atoms with E-state index in [9.17, 15) is 13.6 Å². The van der Waals surface area contributed by atoms with Gasteiger partial charge >= 0.3 is 5.97 Å². The summed E-state index contributed by atoms with van der Waals surface area (Å²) in [7, 11) is 0. The molecule has 0 saturated carbocycles. The lowest BCUT2D eigenvalue weighted by Crippen LogP contribution is -2.18. The average molecular weight is 268 g/mol. The van der Waals surface area contributed by atoms with Crippen LogP contribution in [0.15, 0.2) is 18.2 Å². The van der Waals surface area contributed by atoms with E-state index in [2.05, 4.69) is 15.5 Å². The molecule has 1 unspecified atom stereocenters. The summed E-state index contributed by atoms with van der Waals surface area (Å²) in [6.07, 6.45) is 0. The zero-order chi connectivity index (χ0) is 14.0. The van der Waals surface area contributed by atoms with Crippen LogP contribution in [0.4, 0.5) is 8.78 Å². The lowest BCUT2D eigenvalue weighted by atomic mass is 10.1. The van der Waals surface area contributed by atoms with Gasteiger partial charge in [-0.2, -0.15) is 0 Å². The van der Waals surface area contributed by atoms with Crippen LogP contribution in [-0.2, 0) is 11.3 Å². The molecule has 1 aromatic heterocycles. The van der Waals surface area contributed by atoms with Crippen molar-refractivity contribution >= 4 is 5.97 Å². The van der Waals surface area contributed by atoms with Crippen molar-refractivity contribution in [1.29, 1.82) is 0 Å². The fourth-order valence-corrected chi connectivity index (χ4v) is 1.51. The van der Waals surface area contributed by atoms with Gasteiger partial charge in [-0.1, -0.05) is 6.92 Å². The second-order valence-electron chi connectivity index (χ2n) is 4.05. The molecule has 2 rings (SSSR count). The smallest absolute Gasteiger partial charge is 0.308 e. The summed E-state index contributed by atoms with van der Waals surface area (Å²) in [5, 5.41) is 19.6. The maximum atomic E-state index is 13.1. The lowest BCUT2D eigenvalue weighted by molar-refractivity contribution is -0.141. The number of tetrazole rings is 1. The second-order valence-corrected chi connectivity index (χ2v) is 4.05. The average Bonchev–Trinajstić information content (AvgIpc) is 2.80. The van der Waals surface area contributed by atoms with Crippen molar-refractivity contribution in [3.05, 3.63) is 29.8 Å². The number of carboxylic acid groups (broad SMARTS) is 1. The van der Waals surface area contributed by atoms with E-state index in [0.29, 0.717) is 0 Å². The van der Waals surface area contributed by atoms with Crippen molar-refractivity contribution in [3.8, 4) is 11.4 Å². The maximum Gasteiger partial charge on any atom is 0.308 e. The van der Waals surface area contributed by atoms with E-state index in [1.54, 1.807) is 0 Å². The fourth-order valence-electron chi connectivity index (χ4n) is 1.51. The van der Waals surface area contributed by atoms with Gasteiger partial charge in [-0.05, 0) is 28.6 Å². The highest BCUT2D eigenvalue weighted by Gasteiger charge is 2.17. The number of benzene rings is 1. The predicted octanol–water partition coefficient (Wildman–Crippen LogP) is 1.34. The molecule has 0 spiro atoms. The SMILES string of the molecule is CC(Cn1nnnc1-c1ccc(F)c(F)c1)C(=O)O. The molecule has 19 heavy (non-hydrogen) atoms. The van der Waals surface area contributed by atoms with Gasteiger partial charge in [0.05, 0.1) is 12.5 Å². The molecule has 0 aliphatic carbocycles. The summed E-state index contributed by atoms with van der Waals surface area (Å²) >= 11 is 0. The number of hydrogen-bond acceptors (Lipinski definition) is 4. The van der Waals surface area contributed by atoms with E-state index in [0.717, 1.165) is 12.1 Å². The van der Waals surface area contributed by atoms with E-state index >= 15 is 0 Å². The first kappa shape index (κ1) is 13.1. The van der Waals surface area contributed by atoms with Gasteiger partial charge in [0.15, 0.2) is 17.5 Å². The Morgan fingerprint density at radius 1 is 1.42 bits per heavy atom. The minimum Gasteiger partial charge on any atom is -0.481 e. The van der Waals surface area contributed by atoms with E-state index in [1.807, 2.05) is 0 Å². The Morgan fingerprint density at radius 2 is 2.16 bits per heavy atom. The zero-order valence-electron chi connectivity index (χ0n) is 9.92. The first-order valence-electron chi connectivity index (χ1n) is 5.43. The molecule has 0 saturated heterocycles. The Labute approximate surface area is 106 Å². The van der Waals surface area contributed by atoms with Gasteiger partial charge in [-0.15, -0.1) is 5.10 Å². The molecule has 2 aromatic rings. The molecule has 0 amide bonds. The Kier molecular flexibility index (Phi) is 3.50. The third-order valence-corrected chi connectivity index (χ3v) is 2.58. The van der Waals surface area contributed by atoms with Gasteiger partial charge in [0.1, 0.15) is 0 Å². The molecule has 0 aliphatic heterocycles. The molecule has 1 atom stereocenters. The van der Waals surface area contributed by atoms with Crippen LogP contribution >= 0.6 is 0 Å². The van der Waals surface area contributed by atoms with Gasteiger partial charge in [0, 0.05) is 5.56 Å². The number of halogens is 2. The molecule has 1 N–H and O–H groups in total. The van der Waals surface area contributed by atoms with Crippen LogP contribution in [0.3, 0.4) is 0 Å². The molecular weight excluding hydrogens is 258 g/mol. The van der Waals surface area contributed by atoms with Crippen molar-refractivity contribution in [3.63, 3.8) is 0 Å². The molecule has 1 heterocycles. The van der Waals surface area contributed by atoms with Crippen molar-refractivity contribution in [1.82, 2.24) is 20.2 Å². The number of carboxylic acids is 1. The molecular formula is C11H10F2N4O2. The van der Waals surface area contributed by atoms with Crippen LogP contribution in [0.25, 0.3) is 11.4 Å².